The van der Waals surface area contributed by atoms with E-state index in [1.54, 1.807) is 22.8 Å². The van der Waals surface area contributed by atoms with Crippen LogP contribution in [-0.2, 0) is 4.84 Å². The van der Waals surface area contributed by atoms with Crippen LogP contribution in [0.5, 0.6) is 11.6 Å². The van der Waals surface area contributed by atoms with Gasteiger partial charge in [-0.1, -0.05) is 11.1 Å². The van der Waals surface area contributed by atoms with Crippen LogP contribution >= 0.6 is 0 Å². The van der Waals surface area contributed by atoms with E-state index in [2.05, 4.69) is 31.2 Å². The van der Waals surface area contributed by atoms with Gasteiger partial charge >= 0.3 is 6.03 Å². The van der Waals surface area contributed by atoms with Crippen LogP contribution in [0.3, 0.4) is 0 Å². The maximum absolute atomic E-state index is 12.3. The number of nitrogen functional groups attached to an aromatic ring is 1. The second-order valence-corrected chi connectivity index (χ2v) is 5.70. The van der Waals surface area contributed by atoms with Gasteiger partial charge in [-0.2, -0.15) is 0 Å². The summed E-state index contributed by atoms with van der Waals surface area (Å²) in [6.07, 6.45) is 7.87. The highest BCUT2D eigenvalue weighted by Gasteiger charge is 2.14. The third kappa shape index (κ3) is 3.71. The van der Waals surface area contributed by atoms with Crippen molar-refractivity contribution in [3.05, 3.63) is 41.9 Å². The number of nitrogens with one attached hydrogen (secondary N) is 1. The summed E-state index contributed by atoms with van der Waals surface area (Å²) < 4.78 is 7.41. The van der Waals surface area contributed by atoms with Crippen molar-refractivity contribution < 1.29 is 14.4 Å². The van der Waals surface area contributed by atoms with Gasteiger partial charge in [0, 0.05) is 11.1 Å². The first kappa shape index (κ1) is 18.7. The Morgan fingerprint density at radius 3 is 3.00 bits per heavy atom. The number of nitrogens with two attached hydrogens (primary N) is 1. The molecule has 9 nitrogen and oxygen atoms in total. The van der Waals surface area contributed by atoms with E-state index < -0.39 is 0 Å². The molecule has 1 amide bonds. The molecule has 0 bridgehead atoms. The third-order valence-electron chi connectivity index (χ3n) is 3.88. The van der Waals surface area contributed by atoms with E-state index in [1.807, 2.05) is 13.0 Å². The lowest BCUT2D eigenvalue weighted by molar-refractivity contribution is 0.215. The number of fused-ring (bicyclic) bond motifs is 1. The summed E-state index contributed by atoms with van der Waals surface area (Å²) in [5.41, 5.74) is 7.75. The molecule has 0 saturated heterocycles. The third-order valence-corrected chi connectivity index (χ3v) is 3.88. The Labute approximate surface area is 161 Å². The van der Waals surface area contributed by atoms with Crippen LogP contribution in [0, 0.1) is 19.3 Å². The standard InChI is InChI=1S/C19H18N6O3/c1-4-7-21-19(26)25-12(2)8-13-9-14(5-6-16(13)25)28-18-15(10-24-27-3)17(20)22-11-23-18/h1,5-6,8-11H,7H2,2-3H3,(H,21,26)(H2,20,22,23)/b24-10+. The average Bonchev–Trinajstić information content (AvgIpc) is 3.00. The fourth-order valence-electron chi connectivity index (χ4n) is 2.68. The topological polar surface area (TPSA) is 117 Å². The summed E-state index contributed by atoms with van der Waals surface area (Å²) in [6, 6.07) is 6.88. The maximum atomic E-state index is 12.3. The highest BCUT2D eigenvalue weighted by molar-refractivity contribution is 5.93. The van der Waals surface area contributed by atoms with E-state index in [0.717, 1.165) is 16.6 Å². The smallest absolute Gasteiger partial charge is 0.327 e. The maximum Gasteiger partial charge on any atom is 0.327 e. The van der Waals surface area contributed by atoms with Crippen LogP contribution in [0.4, 0.5) is 10.6 Å². The van der Waals surface area contributed by atoms with Gasteiger partial charge < -0.3 is 20.6 Å². The van der Waals surface area contributed by atoms with Gasteiger partial charge in [0.2, 0.25) is 5.88 Å². The second kappa shape index (κ2) is 8.09. The first-order valence-electron chi connectivity index (χ1n) is 8.23. The van der Waals surface area contributed by atoms with Crippen LogP contribution in [0.25, 0.3) is 10.9 Å². The number of amides is 1. The molecule has 0 unspecified atom stereocenters. The molecule has 0 aliphatic carbocycles. The number of oxime groups is 1. The number of hydrogen-bond acceptors (Lipinski definition) is 7. The lowest BCUT2D eigenvalue weighted by Gasteiger charge is -2.09. The Kier molecular flexibility index (Phi) is 5.41. The number of carbonyl (C=O) groups excluding carboxylic acids is 1. The molecule has 142 valence electrons. The minimum atomic E-state index is -0.291. The molecule has 9 heteroatoms. The van der Waals surface area contributed by atoms with Gasteiger partial charge in [0.05, 0.1) is 18.3 Å². The molecule has 0 saturated carbocycles. The molecular weight excluding hydrogens is 360 g/mol. The molecule has 2 aromatic heterocycles. The van der Waals surface area contributed by atoms with Crippen molar-refractivity contribution in [3.63, 3.8) is 0 Å². The molecule has 0 fully saturated rings. The summed E-state index contributed by atoms with van der Waals surface area (Å²) in [7, 11) is 1.41. The quantitative estimate of drug-likeness (QED) is 0.400. The first-order chi connectivity index (χ1) is 13.5. The van der Waals surface area contributed by atoms with Crippen molar-refractivity contribution in [3.8, 4) is 24.0 Å². The summed E-state index contributed by atoms with van der Waals surface area (Å²) in [5.74, 6) is 3.33. The fraction of sp³-hybridized carbons (Fsp3) is 0.158. The number of ether oxygens (including phenoxy) is 1. The van der Waals surface area contributed by atoms with E-state index in [1.165, 1.54) is 19.7 Å². The Bertz CT molecular complexity index is 1100. The van der Waals surface area contributed by atoms with Crippen LogP contribution in [0.15, 0.2) is 35.7 Å². The molecule has 0 atom stereocenters. The van der Waals surface area contributed by atoms with Crippen molar-refractivity contribution in [1.29, 1.82) is 0 Å². The van der Waals surface area contributed by atoms with E-state index >= 15 is 0 Å². The van der Waals surface area contributed by atoms with Crippen molar-refractivity contribution in [2.24, 2.45) is 5.16 Å². The van der Waals surface area contributed by atoms with Gasteiger partial charge in [0.15, 0.2) is 0 Å². The lowest BCUT2D eigenvalue weighted by atomic mass is 10.2. The normalized spacial score (nSPS) is 10.8. The molecule has 0 spiro atoms. The molecule has 0 aliphatic rings. The fourth-order valence-corrected chi connectivity index (χ4v) is 2.68. The molecule has 3 rings (SSSR count). The van der Waals surface area contributed by atoms with Crippen LogP contribution in [0.1, 0.15) is 11.3 Å². The molecule has 0 aliphatic heterocycles. The molecule has 0 radical (unpaired) electrons. The van der Waals surface area contributed by atoms with Crippen molar-refractivity contribution >= 4 is 29.0 Å². The Hall–Kier alpha value is -4.06. The minimum absolute atomic E-state index is 0.153. The number of terminal acetylenes is 1. The van der Waals surface area contributed by atoms with E-state index in [9.17, 15) is 4.79 Å². The highest BCUT2D eigenvalue weighted by Crippen LogP contribution is 2.29. The molecule has 2 heterocycles. The van der Waals surface area contributed by atoms with Gasteiger partial charge in [0.25, 0.3) is 0 Å². The average molecular weight is 378 g/mol. The first-order valence-corrected chi connectivity index (χ1v) is 8.23. The van der Waals surface area contributed by atoms with E-state index in [0.29, 0.717) is 11.3 Å². The molecule has 28 heavy (non-hydrogen) atoms. The minimum Gasteiger partial charge on any atom is -0.438 e. The predicted octanol–water partition coefficient (Wildman–Crippen LogP) is 2.29. The van der Waals surface area contributed by atoms with Gasteiger partial charge in [-0.05, 0) is 31.2 Å². The number of aromatic nitrogens is 3. The Morgan fingerprint density at radius 1 is 1.43 bits per heavy atom. The van der Waals surface area contributed by atoms with Gasteiger partial charge in [-0.3, -0.25) is 4.57 Å². The zero-order valence-electron chi connectivity index (χ0n) is 15.3. The van der Waals surface area contributed by atoms with Crippen LogP contribution in [0.2, 0.25) is 0 Å². The monoisotopic (exact) mass is 378 g/mol. The summed E-state index contributed by atoms with van der Waals surface area (Å²) in [6.45, 7) is 1.99. The van der Waals surface area contributed by atoms with Crippen molar-refractivity contribution in [2.45, 2.75) is 6.92 Å². The predicted molar refractivity (Wildman–Crippen MR) is 105 cm³/mol. The number of carbonyl (C=O) groups is 1. The molecular formula is C19H18N6O3. The van der Waals surface area contributed by atoms with E-state index in [4.69, 9.17) is 16.9 Å². The zero-order chi connectivity index (χ0) is 20.1. The Balaban J connectivity index is 1.95. The highest BCUT2D eigenvalue weighted by atomic mass is 16.6. The largest absolute Gasteiger partial charge is 0.438 e. The van der Waals surface area contributed by atoms with Gasteiger partial charge in [-0.15, -0.1) is 6.42 Å². The van der Waals surface area contributed by atoms with Gasteiger partial charge in [0.1, 0.15) is 30.6 Å². The van der Waals surface area contributed by atoms with Crippen LogP contribution < -0.4 is 15.8 Å². The van der Waals surface area contributed by atoms with E-state index in [-0.39, 0.29) is 24.3 Å². The number of benzene rings is 1. The number of nitrogens with zero attached hydrogens (tertiary/aromatic N) is 4. The zero-order valence-corrected chi connectivity index (χ0v) is 15.3. The second-order valence-electron chi connectivity index (χ2n) is 5.70. The SMILES string of the molecule is C#CCNC(=O)n1c(C)cc2cc(Oc3ncnc(N)c3/C=N/OC)ccc21. The Morgan fingerprint density at radius 2 is 2.25 bits per heavy atom. The summed E-state index contributed by atoms with van der Waals surface area (Å²) in [5, 5.41) is 7.16. The number of aryl methyl sites for hydroxylation is 1. The molecule has 3 N–H and O–H groups in total. The lowest BCUT2D eigenvalue weighted by Crippen LogP contribution is -2.29. The number of rotatable bonds is 5. The van der Waals surface area contributed by atoms with Crippen molar-refractivity contribution in [2.75, 3.05) is 19.4 Å². The summed E-state index contributed by atoms with van der Waals surface area (Å²) in [4.78, 5) is 25.0. The summed E-state index contributed by atoms with van der Waals surface area (Å²) >= 11 is 0. The molecule has 3 aromatic rings. The van der Waals surface area contributed by atoms with Crippen LogP contribution in [-0.4, -0.2) is 40.4 Å². The number of hydrogen-bond donors (Lipinski definition) is 2. The number of anilines is 1. The van der Waals surface area contributed by atoms with Crippen molar-refractivity contribution in [1.82, 2.24) is 19.9 Å². The van der Waals surface area contributed by atoms with Gasteiger partial charge in [-0.25, -0.2) is 14.8 Å². The molecule has 1 aromatic carbocycles.